The van der Waals surface area contributed by atoms with Crippen LogP contribution in [0.1, 0.15) is 41.8 Å². The number of hydrogen-bond acceptors (Lipinski definition) is 4. The van der Waals surface area contributed by atoms with Crippen molar-refractivity contribution < 1.29 is 4.79 Å². The fourth-order valence-corrected chi connectivity index (χ4v) is 1.95. The number of hydrogen-bond donors (Lipinski definition) is 2. The maximum absolute atomic E-state index is 12.1. The smallest absolute Gasteiger partial charge is 0.254 e. The van der Waals surface area contributed by atoms with Crippen molar-refractivity contribution in [3.05, 3.63) is 53.3 Å². The van der Waals surface area contributed by atoms with Gasteiger partial charge in [0.05, 0.1) is 5.56 Å². The minimum absolute atomic E-state index is 0.170. The number of aryl methyl sites for hydroxylation is 1. The van der Waals surface area contributed by atoms with Gasteiger partial charge in [-0.1, -0.05) is 36.8 Å². The molecule has 0 radical (unpaired) electrons. The molecule has 0 aliphatic rings. The molecule has 1 aromatic carbocycles. The zero-order valence-corrected chi connectivity index (χ0v) is 13.3. The first kappa shape index (κ1) is 15.9. The number of nitrogens with one attached hydrogen (secondary N) is 2. The van der Waals surface area contributed by atoms with Crippen molar-refractivity contribution in [1.29, 1.82) is 0 Å². The number of nitrogens with zero attached hydrogens (tertiary/aromatic N) is 2. The lowest BCUT2D eigenvalue weighted by atomic mass is 10.1. The van der Waals surface area contributed by atoms with E-state index in [4.69, 9.17) is 0 Å². The number of anilines is 1. The standard InChI is InChI=1S/C17H22N4O/c1-4-13(3)21-17-19-10-15(11-20-17)16(22)18-9-14-7-5-6-12(2)8-14/h5-8,10-11,13H,4,9H2,1-3H3,(H,18,22)(H,19,20,21). The summed E-state index contributed by atoms with van der Waals surface area (Å²) in [5.74, 6) is 0.376. The quantitative estimate of drug-likeness (QED) is 0.860. The van der Waals surface area contributed by atoms with Crippen molar-refractivity contribution in [3.8, 4) is 0 Å². The maximum Gasteiger partial charge on any atom is 0.254 e. The summed E-state index contributed by atoms with van der Waals surface area (Å²) in [5, 5.41) is 6.04. The second-order valence-corrected chi connectivity index (χ2v) is 5.42. The Hall–Kier alpha value is -2.43. The van der Waals surface area contributed by atoms with Crippen LogP contribution in [0.15, 0.2) is 36.7 Å². The average molecular weight is 298 g/mol. The predicted octanol–water partition coefficient (Wildman–Crippen LogP) is 2.93. The van der Waals surface area contributed by atoms with E-state index in [0.29, 0.717) is 24.1 Å². The number of benzene rings is 1. The molecule has 0 aliphatic carbocycles. The van der Waals surface area contributed by atoms with Gasteiger partial charge >= 0.3 is 0 Å². The number of carbonyl (C=O) groups excluding carboxylic acids is 1. The van der Waals surface area contributed by atoms with E-state index in [-0.39, 0.29) is 5.91 Å². The van der Waals surface area contributed by atoms with Gasteiger partial charge < -0.3 is 10.6 Å². The van der Waals surface area contributed by atoms with Gasteiger partial charge in [0.1, 0.15) is 0 Å². The van der Waals surface area contributed by atoms with Gasteiger partial charge in [-0.25, -0.2) is 9.97 Å². The molecule has 0 fully saturated rings. The molecule has 116 valence electrons. The Morgan fingerprint density at radius 3 is 2.64 bits per heavy atom. The van der Waals surface area contributed by atoms with E-state index in [1.807, 2.05) is 25.1 Å². The highest BCUT2D eigenvalue weighted by Gasteiger charge is 2.08. The van der Waals surface area contributed by atoms with Crippen LogP contribution in [0.3, 0.4) is 0 Å². The summed E-state index contributed by atoms with van der Waals surface area (Å²) in [6, 6.07) is 8.36. The van der Waals surface area contributed by atoms with Crippen LogP contribution in [-0.4, -0.2) is 21.9 Å². The zero-order chi connectivity index (χ0) is 15.9. The van der Waals surface area contributed by atoms with Gasteiger partial charge in [-0.2, -0.15) is 0 Å². The van der Waals surface area contributed by atoms with Crippen molar-refractivity contribution in [3.63, 3.8) is 0 Å². The normalized spacial score (nSPS) is 11.8. The minimum Gasteiger partial charge on any atom is -0.352 e. The molecule has 1 aromatic heterocycles. The van der Waals surface area contributed by atoms with Gasteiger partial charge in [-0.05, 0) is 25.8 Å². The lowest BCUT2D eigenvalue weighted by Gasteiger charge is -2.11. The SMILES string of the molecule is CCC(C)Nc1ncc(C(=O)NCc2cccc(C)c2)cn1. The van der Waals surface area contributed by atoms with Crippen molar-refractivity contribution in [2.45, 2.75) is 39.8 Å². The van der Waals surface area contributed by atoms with Gasteiger partial charge in [0, 0.05) is 25.0 Å². The Bertz CT molecular complexity index is 625. The van der Waals surface area contributed by atoms with Crippen LogP contribution >= 0.6 is 0 Å². The third kappa shape index (κ3) is 4.55. The molecule has 22 heavy (non-hydrogen) atoms. The van der Waals surface area contributed by atoms with Crippen molar-refractivity contribution in [2.75, 3.05) is 5.32 Å². The van der Waals surface area contributed by atoms with Gasteiger partial charge in [-0.15, -0.1) is 0 Å². The average Bonchev–Trinajstić information content (AvgIpc) is 2.53. The highest BCUT2D eigenvalue weighted by atomic mass is 16.1. The molecule has 1 unspecified atom stereocenters. The Labute approximate surface area is 131 Å². The second-order valence-electron chi connectivity index (χ2n) is 5.42. The van der Waals surface area contributed by atoms with E-state index < -0.39 is 0 Å². The van der Waals surface area contributed by atoms with Crippen molar-refractivity contribution in [2.24, 2.45) is 0 Å². The Kier molecular flexibility index (Phi) is 5.47. The first-order valence-corrected chi connectivity index (χ1v) is 7.50. The van der Waals surface area contributed by atoms with E-state index in [0.717, 1.165) is 12.0 Å². The number of amides is 1. The summed E-state index contributed by atoms with van der Waals surface area (Å²) in [7, 11) is 0. The molecule has 1 amide bonds. The molecule has 5 nitrogen and oxygen atoms in total. The molecule has 0 saturated heterocycles. The first-order valence-electron chi connectivity index (χ1n) is 7.50. The third-order valence-electron chi connectivity index (χ3n) is 3.44. The monoisotopic (exact) mass is 298 g/mol. The molecule has 1 atom stereocenters. The highest BCUT2D eigenvalue weighted by molar-refractivity contribution is 5.93. The van der Waals surface area contributed by atoms with Gasteiger partial charge in [0.15, 0.2) is 0 Å². The number of rotatable bonds is 6. The van der Waals surface area contributed by atoms with Crippen LogP contribution in [-0.2, 0) is 6.54 Å². The third-order valence-corrected chi connectivity index (χ3v) is 3.44. The summed E-state index contributed by atoms with van der Waals surface area (Å²) in [6.07, 6.45) is 4.08. The van der Waals surface area contributed by atoms with Gasteiger partial charge in [-0.3, -0.25) is 4.79 Å². The van der Waals surface area contributed by atoms with E-state index in [1.54, 1.807) is 12.4 Å². The Morgan fingerprint density at radius 2 is 2.00 bits per heavy atom. The van der Waals surface area contributed by atoms with Crippen LogP contribution < -0.4 is 10.6 Å². The van der Waals surface area contributed by atoms with Gasteiger partial charge in [0.2, 0.25) is 5.95 Å². The van der Waals surface area contributed by atoms with Crippen LogP contribution in [0, 0.1) is 6.92 Å². The summed E-state index contributed by atoms with van der Waals surface area (Å²) in [6.45, 7) is 6.67. The van der Waals surface area contributed by atoms with Crippen molar-refractivity contribution >= 4 is 11.9 Å². The van der Waals surface area contributed by atoms with Crippen LogP contribution in [0.2, 0.25) is 0 Å². The lowest BCUT2D eigenvalue weighted by molar-refractivity contribution is 0.0950. The zero-order valence-electron chi connectivity index (χ0n) is 13.3. The molecule has 0 spiro atoms. The predicted molar refractivity (Wildman–Crippen MR) is 87.8 cm³/mol. The van der Waals surface area contributed by atoms with E-state index >= 15 is 0 Å². The number of carbonyl (C=O) groups is 1. The first-order chi connectivity index (χ1) is 10.6. The number of aromatic nitrogens is 2. The van der Waals surface area contributed by atoms with Crippen LogP contribution in [0.4, 0.5) is 5.95 Å². The second kappa shape index (κ2) is 7.54. The fourth-order valence-electron chi connectivity index (χ4n) is 1.95. The summed E-state index contributed by atoms with van der Waals surface area (Å²) >= 11 is 0. The molecule has 2 N–H and O–H groups in total. The van der Waals surface area contributed by atoms with Gasteiger partial charge in [0.25, 0.3) is 5.91 Å². The lowest BCUT2D eigenvalue weighted by Crippen LogP contribution is -2.23. The van der Waals surface area contributed by atoms with E-state index in [1.165, 1.54) is 5.56 Å². The summed E-state index contributed by atoms with van der Waals surface area (Å²) in [4.78, 5) is 20.4. The molecule has 2 rings (SSSR count). The Morgan fingerprint density at radius 1 is 1.27 bits per heavy atom. The molecule has 0 saturated carbocycles. The van der Waals surface area contributed by atoms with Crippen molar-refractivity contribution in [1.82, 2.24) is 15.3 Å². The van der Waals surface area contributed by atoms with Crippen LogP contribution in [0.5, 0.6) is 0 Å². The Balaban J connectivity index is 1.92. The fraction of sp³-hybridized carbons (Fsp3) is 0.353. The maximum atomic E-state index is 12.1. The summed E-state index contributed by atoms with van der Waals surface area (Å²) in [5.41, 5.74) is 2.71. The van der Waals surface area contributed by atoms with Crippen LogP contribution in [0.25, 0.3) is 0 Å². The molecular weight excluding hydrogens is 276 g/mol. The molecular formula is C17H22N4O. The highest BCUT2D eigenvalue weighted by Crippen LogP contribution is 2.06. The van der Waals surface area contributed by atoms with E-state index in [9.17, 15) is 4.79 Å². The largest absolute Gasteiger partial charge is 0.352 e. The molecule has 2 aromatic rings. The van der Waals surface area contributed by atoms with E-state index in [2.05, 4.69) is 40.5 Å². The molecule has 1 heterocycles. The molecule has 5 heteroatoms. The minimum atomic E-state index is -0.170. The summed E-state index contributed by atoms with van der Waals surface area (Å²) < 4.78 is 0. The topological polar surface area (TPSA) is 66.9 Å². The molecule has 0 aliphatic heterocycles. The molecule has 0 bridgehead atoms.